The van der Waals surface area contributed by atoms with Crippen molar-refractivity contribution in [2.24, 2.45) is 0 Å². The summed E-state index contributed by atoms with van der Waals surface area (Å²) < 4.78 is 11.6. The Morgan fingerprint density at radius 1 is 1.24 bits per heavy atom. The third-order valence-corrected chi connectivity index (χ3v) is 7.27. The van der Waals surface area contributed by atoms with Gasteiger partial charge >= 0.3 is 0 Å². The molecule has 1 saturated heterocycles. The summed E-state index contributed by atoms with van der Waals surface area (Å²) in [5.41, 5.74) is 1.45. The number of thioether (sulfide) groups is 1. The number of furan rings is 1. The Morgan fingerprint density at radius 3 is 2.71 bits per heavy atom. The SMILES string of the molecule is CCSCCCCC1CC(O)[C@@H](NC)C(C(O)CCNC(=O)c2ccc(-c3ccco3)cc2)O1. The Kier molecular flexibility index (Phi) is 10.9. The summed E-state index contributed by atoms with van der Waals surface area (Å²) in [6.45, 7) is 2.47. The van der Waals surface area contributed by atoms with Crippen LogP contribution in [0.1, 0.15) is 49.4 Å². The second-order valence-electron chi connectivity index (χ2n) is 8.70. The lowest BCUT2D eigenvalue weighted by atomic mass is 9.89. The van der Waals surface area contributed by atoms with Crippen LogP contribution in [0, 0.1) is 0 Å². The maximum Gasteiger partial charge on any atom is 0.251 e. The van der Waals surface area contributed by atoms with Gasteiger partial charge in [0.15, 0.2) is 0 Å². The molecule has 1 aliphatic heterocycles. The third-order valence-electron chi connectivity index (χ3n) is 6.28. The van der Waals surface area contributed by atoms with Crippen LogP contribution in [0.25, 0.3) is 11.3 Å². The van der Waals surface area contributed by atoms with E-state index in [0.29, 0.717) is 24.9 Å². The number of ether oxygens (including phenoxy) is 1. The smallest absolute Gasteiger partial charge is 0.251 e. The molecule has 2 aromatic rings. The van der Waals surface area contributed by atoms with Crippen LogP contribution in [0.3, 0.4) is 0 Å². The fraction of sp³-hybridized carbons (Fsp3) is 0.577. The van der Waals surface area contributed by atoms with Gasteiger partial charge in [-0.05, 0) is 62.1 Å². The lowest BCUT2D eigenvalue weighted by molar-refractivity contribution is -0.157. The van der Waals surface area contributed by atoms with E-state index >= 15 is 0 Å². The van der Waals surface area contributed by atoms with Crippen LogP contribution in [-0.2, 0) is 4.74 Å². The number of aliphatic hydroxyl groups is 2. The Hall–Kier alpha value is -1.84. The number of rotatable bonds is 13. The molecule has 1 aromatic heterocycles. The number of carbonyl (C=O) groups excluding carboxylic acids is 1. The van der Waals surface area contributed by atoms with Crippen molar-refractivity contribution in [3.05, 3.63) is 48.2 Å². The van der Waals surface area contributed by atoms with Crippen molar-refractivity contribution in [3.63, 3.8) is 0 Å². The number of nitrogens with one attached hydrogen (secondary N) is 2. The maximum absolute atomic E-state index is 12.5. The third kappa shape index (κ3) is 7.58. The van der Waals surface area contributed by atoms with E-state index in [4.69, 9.17) is 9.15 Å². The van der Waals surface area contributed by atoms with E-state index in [1.54, 1.807) is 25.4 Å². The van der Waals surface area contributed by atoms with E-state index < -0.39 is 18.3 Å². The zero-order valence-corrected chi connectivity index (χ0v) is 20.9. The number of aliphatic hydroxyl groups excluding tert-OH is 2. The van der Waals surface area contributed by atoms with Gasteiger partial charge in [0.25, 0.3) is 5.91 Å². The predicted octanol–water partition coefficient (Wildman–Crippen LogP) is 3.46. The Bertz CT molecular complexity index is 845. The van der Waals surface area contributed by atoms with Crippen LogP contribution >= 0.6 is 11.8 Å². The van der Waals surface area contributed by atoms with E-state index in [9.17, 15) is 15.0 Å². The number of unbranched alkanes of at least 4 members (excludes halogenated alkanes) is 1. The predicted molar refractivity (Wildman–Crippen MR) is 136 cm³/mol. The zero-order chi connectivity index (χ0) is 24.3. The highest BCUT2D eigenvalue weighted by Gasteiger charge is 2.40. The van der Waals surface area contributed by atoms with Crippen molar-refractivity contribution in [1.82, 2.24) is 10.6 Å². The second kappa shape index (κ2) is 13.9. The molecule has 0 radical (unpaired) electrons. The maximum atomic E-state index is 12.5. The molecule has 5 atom stereocenters. The summed E-state index contributed by atoms with van der Waals surface area (Å²) in [5.74, 6) is 2.82. The zero-order valence-electron chi connectivity index (χ0n) is 20.1. The average molecular weight is 491 g/mol. The van der Waals surface area contributed by atoms with Gasteiger partial charge in [-0.25, -0.2) is 0 Å². The summed E-state index contributed by atoms with van der Waals surface area (Å²) in [4.78, 5) is 12.5. The van der Waals surface area contributed by atoms with Gasteiger partial charge in [-0.1, -0.05) is 25.5 Å². The monoisotopic (exact) mass is 490 g/mol. The minimum absolute atomic E-state index is 0.0619. The first kappa shape index (κ1) is 26.8. The van der Waals surface area contributed by atoms with Crippen molar-refractivity contribution in [1.29, 1.82) is 0 Å². The van der Waals surface area contributed by atoms with Crippen LogP contribution in [0.2, 0.25) is 0 Å². The summed E-state index contributed by atoms with van der Waals surface area (Å²) >= 11 is 1.94. The second-order valence-corrected chi connectivity index (χ2v) is 10.1. The van der Waals surface area contributed by atoms with Crippen LogP contribution < -0.4 is 10.6 Å². The summed E-state index contributed by atoms with van der Waals surface area (Å²) in [6, 6.07) is 10.6. The average Bonchev–Trinajstić information content (AvgIpc) is 3.38. The molecular formula is C26H38N2O5S. The standard InChI is InChI=1S/C26H38N2O5S/c1-3-34-16-5-4-7-20-17-22(30)24(27-2)25(33-20)21(29)13-14-28-26(31)19-11-9-18(10-12-19)23-8-6-15-32-23/h6,8-12,15,20-22,24-25,27,29-30H,3-5,7,13-14,16-17H2,1-2H3,(H,28,31)/t20?,21?,22?,24-,25?/m1/s1. The molecule has 2 heterocycles. The lowest BCUT2D eigenvalue weighted by Crippen LogP contribution is -2.58. The van der Waals surface area contributed by atoms with Gasteiger partial charge in [-0.2, -0.15) is 11.8 Å². The van der Waals surface area contributed by atoms with Gasteiger partial charge < -0.3 is 30.0 Å². The molecular weight excluding hydrogens is 452 g/mol. The molecule has 0 aliphatic carbocycles. The van der Waals surface area contributed by atoms with Crippen molar-refractivity contribution in [3.8, 4) is 11.3 Å². The highest BCUT2D eigenvalue weighted by molar-refractivity contribution is 7.99. The molecule has 8 heteroatoms. The van der Waals surface area contributed by atoms with E-state index in [-0.39, 0.29) is 18.1 Å². The summed E-state index contributed by atoms with van der Waals surface area (Å²) in [7, 11) is 1.77. The molecule has 0 bridgehead atoms. The molecule has 1 fully saturated rings. The van der Waals surface area contributed by atoms with Gasteiger partial charge in [0, 0.05) is 24.1 Å². The minimum atomic E-state index is -0.799. The largest absolute Gasteiger partial charge is 0.464 e. The van der Waals surface area contributed by atoms with Crippen LogP contribution in [0.4, 0.5) is 0 Å². The quantitative estimate of drug-likeness (QED) is 0.319. The summed E-state index contributed by atoms with van der Waals surface area (Å²) in [6.07, 6.45) is 3.63. The lowest BCUT2D eigenvalue weighted by Gasteiger charge is -2.42. The number of hydrogen-bond donors (Lipinski definition) is 4. The molecule has 4 unspecified atom stereocenters. The molecule has 0 spiro atoms. The minimum Gasteiger partial charge on any atom is -0.464 e. The number of benzene rings is 1. The topological polar surface area (TPSA) is 104 Å². The molecule has 34 heavy (non-hydrogen) atoms. The normalized spacial score (nSPS) is 23.5. The van der Waals surface area contributed by atoms with E-state index in [2.05, 4.69) is 17.6 Å². The van der Waals surface area contributed by atoms with Crippen molar-refractivity contribution in [2.45, 2.75) is 69.5 Å². The first-order valence-corrected chi connectivity index (χ1v) is 13.4. The number of likely N-dealkylation sites (N-methyl/N-ethyl adjacent to an activating group) is 1. The number of carbonyl (C=O) groups is 1. The molecule has 3 rings (SSSR count). The van der Waals surface area contributed by atoms with Crippen molar-refractivity contribution >= 4 is 17.7 Å². The van der Waals surface area contributed by atoms with Crippen molar-refractivity contribution < 1.29 is 24.2 Å². The van der Waals surface area contributed by atoms with Gasteiger partial charge in [-0.15, -0.1) is 0 Å². The van der Waals surface area contributed by atoms with Crippen LogP contribution in [0.15, 0.2) is 47.1 Å². The highest BCUT2D eigenvalue weighted by Crippen LogP contribution is 2.27. The van der Waals surface area contributed by atoms with E-state index in [1.807, 2.05) is 36.0 Å². The molecule has 4 N–H and O–H groups in total. The van der Waals surface area contributed by atoms with Crippen LogP contribution in [0.5, 0.6) is 0 Å². The first-order valence-electron chi connectivity index (χ1n) is 12.2. The highest BCUT2D eigenvalue weighted by atomic mass is 32.2. The molecule has 1 aromatic carbocycles. The van der Waals surface area contributed by atoms with Gasteiger partial charge in [0.05, 0.1) is 30.6 Å². The number of hydrogen-bond acceptors (Lipinski definition) is 7. The summed E-state index contributed by atoms with van der Waals surface area (Å²) in [5, 5.41) is 27.4. The van der Waals surface area contributed by atoms with Gasteiger partial charge in [0.2, 0.25) is 0 Å². The van der Waals surface area contributed by atoms with Gasteiger partial charge in [0.1, 0.15) is 11.9 Å². The Morgan fingerprint density at radius 2 is 2.03 bits per heavy atom. The fourth-order valence-corrected chi connectivity index (χ4v) is 5.12. The molecule has 0 saturated carbocycles. The molecule has 188 valence electrons. The molecule has 7 nitrogen and oxygen atoms in total. The molecule has 1 aliphatic rings. The Balaban J connectivity index is 1.46. The number of amides is 1. The van der Waals surface area contributed by atoms with E-state index in [0.717, 1.165) is 42.1 Å². The van der Waals surface area contributed by atoms with E-state index in [1.165, 1.54) is 0 Å². The Labute approximate surface area is 206 Å². The van der Waals surface area contributed by atoms with Crippen molar-refractivity contribution in [2.75, 3.05) is 25.1 Å². The van der Waals surface area contributed by atoms with Crippen LogP contribution in [-0.4, -0.2) is 71.7 Å². The molecule has 1 amide bonds. The first-order chi connectivity index (χ1) is 16.5. The fourth-order valence-electron chi connectivity index (χ4n) is 4.42. The van der Waals surface area contributed by atoms with Gasteiger partial charge in [-0.3, -0.25) is 4.79 Å².